The smallest absolute Gasteiger partial charge is 0.230 e. The Labute approximate surface area is 142 Å². The van der Waals surface area contributed by atoms with Crippen LogP contribution in [0.4, 0.5) is 5.82 Å². The van der Waals surface area contributed by atoms with Crippen molar-refractivity contribution in [3.05, 3.63) is 53.7 Å². The maximum absolute atomic E-state index is 12.9. The van der Waals surface area contributed by atoms with Crippen LogP contribution in [-0.2, 0) is 11.2 Å². The molecule has 1 N–H and O–H groups in total. The largest absolute Gasteiger partial charge is 0.366 e. The van der Waals surface area contributed by atoms with Gasteiger partial charge in [0.1, 0.15) is 5.82 Å². The summed E-state index contributed by atoms with van der Waals surface area (Å²) in [5.41, 5.74) is 2.58. The molecule has 4 rings (SSSR count). The summed E-state index contributed by atoms with van der Waals surface area (Å²) >= 11 is 0. The van der Waals surface area contributed by atoms with Gasteiger partial charge in [-0.05, 0) is 48.9 Å². The zero-order valence-electron chi connectivity index (χ0n) is 13.7. The Bertz CT molecular complexity index is 710. The molecule has 124 valence electrons. The van der Waals surface area contributed by atoms with E-state index in [1.165, 1.54) is 11.1 Å². The molecule has 1 fully saturated rings. The van der Waals surface area contributed by atoms with E-state index in [1.54, 1.807) is 6.20 Å². The molecule has 0 spiro atoms. The van der Waals surface area contributed by atoms with E-state index in [0.29, 0.717) is 11.9 Å². The summed E-state index contributed by atoms with van der Waals surface area (Å²) in [6.45, 7) is 1.63. The Morgan fingerprint density at radius 1 is 1.08 bits per heavy atom. The van der Waals surface area contributed by atoms with Crippen molar-refractivity contribution in [3.63, 3.8) is 0 Å². The van der Waals surface area contributed by atoms with Crippen LogP contribution in [0.1, 0.15) is 36.3 Å². The summed E-state index contributed by atoms with van der Waals surface area (Å²) in [5.74, 6) is 1.18. The lowest BCUT2D eigenvalue weighted by molar-refractivity contribution is -0.133. The summed E-state index contributed by atoms with van der Waals surface area (Å²) in [6, 6.07) is 12.6. The van der Waals surface area contributed by atoms with E-state index in [9.17, 15) is 4.79 Å². The summed E-state index contributed by atoms with van der Waals surface area (Å²) in [5, 5.41) is 11.4. The van der Waals surface area contributed by atoms with E-state index in [4.69, 9.17) is 0 Å². The maximum atomic E-state index is 12.9. The molecule has 2 aliphatic rings. The van der Waals surface area contributed by atoms with Crippen molar-refractivity contribution in [2.45, 2.75) is 37.6 Å². The topological polar surface area (TPSA) is 58.1 Å². The van der Waals surface area contributed by atoms with E-state index in [-0.39, 0.29) is 5.92 Å². The fourth-order valence-corrected chi connectivity index (χ4v) is 3.87. The number of carbonyl (C=O) groups is 1. The summed E-state index contributed by atoms with van der Waals surface area (Å²) in [4.78, 5) is 15.0. The molecular weight excluding hydrogens is 300 g/mol. The zero-order valence-corrected chi connectivity index (χ0v) is 13.7. The van der Waals surface area contributed by atoms with Crippen molar-refractivity contribution >= 4 is 11.7 Å². The molecule has 5 heteroatoms. The van der Waals surface area contributed by atoms with Crippen LogP contribution in [0.15, 0.2) is 42.6 Å². The highest BCUT2D eigenvalue weighted by molar-refractivity contribution is 5.85. The van der Waals surface area contributed by atoms with Gasteiger partial charge in [0.05, 0.1) is 5.92 Å². The lowest BCUT2D eigenvalue weighted by Crippen LogP contribution is -2.44. The minimum absolute atomic E-state index is 0.0608. The van der Waals surface area contributed by atoms with Crippen molar-refractivity contribution in [2.24, 2.45) is 0 Å². The van der Waals surface area contributed by atoms with E-state index in [0.717, 1.165) is 44.6 Å². The molecule has 0 unspecified atom stereocenters. The number of benzene rings is 1. The minimum Gasteiger partial charge on any atom is -0.366 e. The predicted molar refractivity (Wildman–Crippen MR) is 92.8 cm³/mol. The quantitative estimate of drug-likeness (QED) is 0.944. The molecule has 1 aromatic heterocycles. The third-order valence-corrected chi connectivity index (χ3v) is 5.16. The van der Waals surface area contributed by atoms with Crippen molar-refractivity contribution in [1.29, 1.82) is 0 Å². The molecular formula is C19H22N4O. The number of aromatic nitrogens is 2. The van der Waals surface area contributed by atoms with Crippen molar-refractivity contribution in [1.82, 2.24) is 15.1 Å². The molecule has 1 aromatic carbocycles. The number of fused-ring (bicyclic) bond motifs is 1. The normalized spacial score (nSPS) is 20.7. The van der Waals surface area contributed by atoms with E-state index < -0.39 is 0 Å². The van der Waals surface area contributed by atoms with Crippen LogP contribution >= 0.6 is 0 Å². The molecule has 2 heterocycles. The number of carbonyl (C=O) groups excluding carboxylic acids is 1. The Hall–Kier alpha value is -2.43. The molecule has 0 saturated carbocycles. The monoisotopic (exact) mass is 322 g/mol. The third kappa shape index (κ3) is 2.98. The number of likely N-dealkylation sites (tertiary alicyclic amines) is 1. The van der Waals surface area contributed by atoms with Crippen LogP contribution in [0.3, 0.4) is 0 Å². The number of piperidine rings is 1. The second-order valence-corrected chi connectivity index (χ2v) is 6.64. The first kappa shape index (κ1) is 15.1. The first-order valence-electron chi connectivity index (χ1n) is 8.72. The van der Waals surface area contributed by atoms with Gasteiger partial charge in [0.15, 0.2) is 0 Å². The van der Waals surface area contributed by atoms with E-state index in [2.05, 4.69) is 33.7 Å². The second kappa shape index (κ2) is 6.59. The highest BCUT2D eigenvalue weighted by Gasteiger charge is 2.33. The average molecular weight is 322 g/mol. The third-order valence-electron chi connectivity index (χ3n) is 5.16. The Morgan fingerprint density at radius 3 is 2.71 bits per heavy atom. The molecule has 1 aliphatic heterocycles. The van der Waals surface area contributed by atoms with Gasteiger partial charge in [-0.15, -0.1) is 5.10 Å². The van der Waals surface area contributed by atoms with Crippen LogP contribution in [0, 0.1) is 0 Å². The molecule has 1 aliphatic carbocycles. The van der Waals surface area contributed by atoms with Gasteiger partial charge in [-0.25, -0.2) is 0 Å². The van der Waals surface area contributed by atoms with Gasteiger partial charge < -0.3 is 10.2 Å². The molecule has 2 aromatic rings. The average Bonchev–Trinajstić information content (AvgIpc) is 3.07. The predicted octanol–water partition coefficient (Wildman–Crippen LogP) is 2.61. The number of nitrogens with one attached hydrogen (secondary N) is 1. The van der Waals surface area contributed by atoms with Crippen LogP contribution in [0.25, 0.3) is 0 Å². The van der Waals surface area contributed by atoms with Gasteiger partial charge in [-0.1, -0.05) is 24.3 Å². The molecule has 1 amide bonds. The number of hydrogen-bond acceptors (Lipinski definition) is 4. The number of amides is 1. The van der Waals surface area contributed by atoms with Gasteiger partial charge in [-0.3, -0.25) is 4.79 Å². The summed E-state index contributed by atoms with van der Waals surface area (Å²) in [6.07, 6.45) is 5.56. The first-order chi connectivity index (χ1) is 11.8. The highest BCUT2D eigenvalue weighted by atomic mass is 16.2. The fourth-order valence-electron chi connectivity index (χ4n) is 3.87. The van der Waals surface area contributed by atoms with Crippen LogP contribution in [0.5, 0.6) is 0 Å². The van der Waals surface area contributed by atoms with E-state index >= 15 is 0 Å². The lowest BCUT2D eigenvalue weighted by atomic mass is 9.97. The lowest BCUT2D eigenvalue weighted by Gasteiger charge is -2.34. The Balaban J connectivity index is 1.35. The number of anilines is 1. The molecule has 5 nitrogen and oxygen atoms in total. The SMILES string of the molecule is O=C([C@H]1CCc2ccccc21)N1CCC(Nc2cccnn2)CC1. The number of rotatable bonds is 3. The Morgan fingerprint density at radius 2 is 1.92 bits per heavy atom. The van der Waals surface area contributed by atoms with Crippen LogP contribution < -0.4 is 5.32 Å². The van der Waals surface area contributed by atoms with Crippen molar-refractivity contribution < 1.29 is 4.79 Å². The number of aryl methyl sites for hydroxylation is 1. The summed E-state index contributed by atoms with van der Waals surface area (Å²) in [7, 11) is 0. The highest BCUT2D eigenvalue weighted by Crippen LogP contribution is 2.34. The fraction of sp³-hybridized carbons (Fsp3) is 0.421. The number of nitrogens with zero attached hydrogens (tertiary/aromatic N) is 3. The van der Waals surface area contributed by atoms with E-state index in [1.807, 2.05) is 23.1 Å². The summed E-state index contributed by atoms with van der Waals surface area (Å²) < 4.78 is 0. The van der Waals surface area contributed by atoms with Crippen molar-refractivity contribution in [3.8, 4) is 0 Å². The van der Waals surface area contributed by atoms with Gasteiger partial charge >= 0.3 is 0 Å². The first-order valence-corrected chi connectivity index (χ1v) is 8.72. The maximum Gasteiger partial charge on any atom is 0.230 e. The van der Waals surface area contributed by atoms with Gasteiger partial charge in [0.2, 0.25) is 5.91 Å². The molecule has 24 heavy (non-hydrogen) atoms. The molecule has 0 radical (unpaired) electrons. The molecule has 1 atom stereocenters. The second-order valence-electron chi connectivity index (χ2n) is 6.64. The molecule has 0 bridgehead atoms. The van der Waals surface area contributed by atoms with Gasteiger partial charge in [-0.2, -0.15) is 5.10 Å². The molecule has 1 saturated heterocycles. The standard InChI is InChI=1S/C19H22N4O/c24-19(17-8-7-14-4-1-2-5-16(14)17)23-12-9-15(10-13-23)21-18-6-3-11-20-22-18/h1-6,11,15,17H,7-10,12-13H2,(H,21,22)/t17-/m0/s1. The van der Waals surface area contributed by atoms with Gasteiger partial charge in [0.25, 0.3) is 0 Å². The minimum atomic E-state index is 0.0608. The van der Waals surface area contributed by atoms with Crippen molar-refractivity contribution in [2.75, 3.05) is 18.4 Å². The van der Waals surface area contributed by atoms with Crippen LogP contribution in [0.2, 0.25) is 0 Å². The van der Waals surface area contributed by atoms with Gasteiger partial charge in [0, 0.05) is 25.3 Å². The number of hydrogen-bond donors (Lipinski definition) is 1. The zero-order chi connectivity index (χ0) is 16.4. The Kier molecular flexibility index (Phi) is 4.15. The van der Waals surface area contributed by atoms with Crippen LogP contribution in [-0.4, -0.2) is 40.1 Å².